The fourth-order valence-electron chi connectivity index (χ4n) is 2.64. The van der Waals surface area contributed by atoms with Crippen LogP contribution in [0.25, 0.3) is 0 Å². The summed E-state index contributed by atoms with van der Waals surface area (Å²) < 4.78 is 5.81. The predicted molar refractivity (Wildman–Crippen MR) is 103 cm³/mol. The second kappa shape index (κ2) is 7.70. The van der Waals surface area contributed by atoms with Gasteiger partial charge in [0, 0.05) is 11.9 Å². The van der Waals surface area contributed by atoms with E-state index in [1.165, 1.54) is 5.56 Å². The zero-order chi connectivity index (χ0) is 18.5. The largest absolute Gasteiger partial charge is 0.489 e. The quantitative estimate of drug-likeness (QED) is 0.728. The Kier molecular flexibility index (Phi) is 5.17. The average molecular weight is 347 g/mol. The number of pyridine rings is 1. The van der Waals surface area contributed by atoms with Gasteiger partial charge >= 0.3 is 0 Å². The predicted octanol–water partition coefficient (Wildman–Crippen LogP) is 4.11. The molecule has 0 aliphatic carbocycles. The number of anilines is 2. The summed E-state index contributed by atoms with van der Waals surface area (Å²) in [6, 6.07) is 17.1. The zero-order valence-corrected chi connectivity index (χ0v) is 14.8. The number of ether oxygens (including phenoxy) is 1. The van der Waals surface area contributed by atoms with E-state index < -0.39 is 0 Å². The summed E-state index contributed by atoms with van der Waals surface area (Å²) in [5.41, 5.74) is 10.0. The van der Waals surface area contributed by atoms with Crippen molar-refractivity contribution in [1.29, 1.82) is 0 Å². The number of aryl methyl sites for hydroxylation is 2. The molecule has 1 heterocycles. The highest BCUT2D eigenvalue weighted by Gasteiger charge is 2.13. The SMILES string of the molecule is Cc1ccccc1COc1ccc(NC(=O)c2c(C)ccnc2N)cc1. The van der Waals surface area contributed by atoms with Crippen LogP contribution in [0.3, 0.4) is 0 Å². The molecule has 0 saturated carbocycles. The molecule has 2 aromatic carbocycles. The van der Waals surface area contributed by atoms with Gasteiger partial charge in [0.15, 0.2) is 0 Å². The van der Waals surface area contributed by atoms with Crippen molar-refractivity contribution in [2.75, 3.05) is 11.1 Å². The van der Waals surface area contributed by atoms with Gasteiger partial charge in [-0.3, -0.25) is 4.79 Å². The highest BCUT2D eigenvalue weighted by atomic mass is 16.5. The van der Waals surface area contributed by atoms with E-state index in [-0.39, 0.29) is 11.7 Å². The molecule has 26 heavy (non-hydrogen) atoms. The Balaban J connectivity index is 1.64. The van der Waals surface area contributed by atoms with Gasteiger partial charge in [-0.05, 0) is 60.9 Å². The Hall–Kier alpha value is -3.34. The average Bonchev–Trinajstić information content (AvgIpc) is 2.62. The fourth-order valence-corrected chi connectivity index (χ4v) is 2.64. The Bertz CT molecular complexity index is 901. The van der Waals surface area contributed by atoms with Crippen LogP contribution in [-0.2, 0) is 6.61 Å². The fraction of sp³-hybridized carbons (Fsp3) is 0.143. The van der Waals surface area contributed by atoms with Crippen LogP contribution in [0.4, 0.5) is 11.5 Å². The minimum Gasteiger partial charge on any atom is -0.489 e. The molecule has 3 aromatic rings. The van der Waals surface area contributed by atoms with E-state index in [4.69, 9.17) is 10.5 Å². The molecule has 0 spiro atoms. The summed E-state index contributed by atoms with van der Waals surface area (Å²) in [5.74, 6) is 0.686. The Labute approximate surface area is 152 Å². The maximum atomic E-state index is 12.4. The van der Waals surface area contributed by atoms with Gasteiger partial charge in [0.05, 0.1) is 5.56 Å². The van der Waals surface area contributed by atoms with E-state index in [0.29, 0.717) is 17.9 Å². The summed E-state index contributed by atoms with van der Waals surface area (Å²) in [4.78, 5) is 16.4. The number of amides is 1. The monoisotopic (exact) mass is 347 g/mol. The van der Waals surface area contributed by atoms with Crippen molar-refractivity contribution in [3.8, 4) is 5.75 Å². The molecule has 0 unspecified atom stereocenters. The van der Waals surface area contributed by atoms with Crippen LogP contribution in [-0.4, -0.2) is 10.9 Å². The summed E-state index contributed by atoms with van der Waals surface area (Å²) >= 11 is 0. The van der Waals surface area contributed by atoms with Gasteiger partial charge in [0.1, 0.15) is 18.2 Å². The number of hydrogen-bond donors (Lipinski definition) is 2. The third-order valence-electron chi connectivity index (χ3n) is 4.18. The maximum Gasteiger partial charge on any atom is 0.259 e. The molecule has 0 radical (unpaired) electrons. The molecular weight excluding hydrogens is 326 g/mol. The topological polar surface area (TPSA) is 77.2 Å². The maximum absolute atomic E-state index is 12.4. The van der Waals surface area contributed by atoms with Gasteiger partial charge in [-0.15, -0.1) is 0 Å². The number of carbonyl (C=O) groups is 1. The van der Waals surface area contributed by atoms with E-state index in [1.54, 1.807) is 24.4 Å². The summed E-state index contributed by atoms with van der Waals surface area (Å²) in [5, 5.41) is 2.84. The first-order chi connectivity index (χ1) is 12.5. The van der Waals surface area contributed by atoms with E-state index in [2.05, 4.69) is 23.3 Å². The molecule has 0 fully saturated rings. The van der Waals surface area contributed by atoms with Crippen molar-refractivity contribution < 1.29 is 9.53 Å². The van der Waals surface area contributed by atoms with Crippen molar-refractivity contribution in [1.82, 2.24) is 4.98 Å². The molecule has 0 aliphatic heterocycles. The third-order valence-corrected chi connectivity index (χ3v) is 4.18. The standard InChI is InChI=1S/C21H21N3O2/c1-14-5-3-4-6-16(14)13-26-18-9-7-17(8-10-18)24-21(25)19-15(2)11-12-23-20(19)22/h3-12H,13H2,1-2H3,(H2,22,23)(H,24,25). The first-order valence-corrected chi connectivity index (χ1v) is 8.34. The highest BCUT2D eigenvalue weighted by molar-refractivity contribution is 6.08. The van der Waals surface area contributed by atoms with Crippen LogP contribution in [0.2, 0.25) is 0 Å². The Morgan fingerprint density at radius 3 is 2.46 bits per heavy atom. The summed E-state index contributed by atoms with van der Waals surface area (Å²) in [7, 11) is 0. The molecule has 3 rings (SSSR count). The van der Waals surface area contributed by atoms with Crippen molar-refractivity contribution >= 4 is 17.4 Å². The Morgan fingerprint density at radius 2 is 1.77 bits per heavy atom. The zero-order valence-electron chi connectivity index (χ0n) is 14.8. The van der Waals surface area contributed by atoms with Gasteiger partial charge in [0.2, 0.25) is 0 Å². The number of nitrogens with one attached hydrogen (secondary N) is 1. The molecule has 132 valence electrons. The molecule has 0 aliphatic rings. The van der Waals surface area contributed by atoms with Crippen molar-refractivity contribution in [3.63, 3.8) is 0 Å². The van der Waals surface area contributed by atoms with Crippen LogP contribution in [0.5, 0.6) is 5.75 Å². The molecule has 5 heteroatoms. The first-order valence-electron chi connectivity index (χ1n) is 8.34. The smallest absolute Gasteiger partial charge is 0.259 e. The van der Waals surface area contributed by atoms with Crippen LogP contribution < -0.4 is 15.8 Å². The first kappa shape index (κ1) is 17.5. The molecule has 0 bridgehead atoms. The molecule has 1 aromatic heterocycles. The molecule has 3 N–H and O–H groups in total. The van der Waals surface area contributed by atoms with E-state index >= 15 is 0 Å². The number of nitrogen functional groups attached to an aromatic ring is 1. The van der Waals surface area contributed by atoms with Gasteiger partial charge in [-0.2, -0.15) is 0 Å². The minimum atomic E-state index is -0.276. The van der Waals surface area contributed by atoms with Gasteiger partial charge in [0.25, 0.3) is 5.91 Å². The van der Waals surface area contributed by atoms with Crippen LogP contribution >= 0.6 is 0 Å². The molecule has 5 nitrogen and oxygen atoms in total. The van der Waals surface area contributed by atoms with Gasteiger partial charge in [-0.1, -0.05) is 24.3 Å². The van der Waals surface area contributed by atoms with Crippen molar-refractivity contribution in [2.24, 2.45) is 0 Å². The van der Waals surface area contributed by atoms with Gasteiger partial charge < -0.3 is 15.8 Å². The second-order valence-corrected chi connectivity index (χ2v) is 6.08. The number of nitrogens with zero attached hydrogens (tertiary/aromatic N) is 1. The van der Waals surface area contributed by atoms with E-state index in [1.807, 2.05) is 37.3 Å². The lowest BCUT2D eigenvalue weighted by Crippen LogP contribution is -2.16. The molecule has 0 saturated heterocycles. The van der Waals surface area contributed by atoms with Crippen LogP contribution in [0.1, 0.15) is 27.0 Å². The number of carbonyl (C=O) groups excluding carboxylic acids is 1. The summed E-state index contributed by atoms with van der Waals surface area (Å²) in [6.45, 7) is 4.39. The van der Waals surface area contributed by atoms with Crippen LogP contribution in [0.15, 0.2) is 60.8 Å². The number of benzene rings is 2. The lowest BCUT2D eigenvalue weighted by molar-refractivity contribution is 0.102. The molecular formula is C21H21N3O2. The second-order valence-electron chi connectivity index (χ2n) is 6.08. The van der Waals surface area contributed by atoms with Crippen LogP contribution in [0, 0.1) is 13.8 Å². The third kappa shape index (κ3) is 4.00. The number of hydrogen-bond acceptors (Lipinski definition) is 4. The van der Waals surface area contributed by atoms with E-state index in [9.17, 15) is 4.79 Å². The minimum absolute atomic E-state index is 0.223. The van der Waals surface area contributed by atoms with Crippen molar-refractivity contribution in [2.45, 2.75) is 20.5 Å². The lowest BCUT2D eigenvalue weighted by Gasteiger charge is -2.11. The van der Waals surface area contributed by atoms with Crippen molar-refractivity contribution in [3.05, 3.63) is 83.0 Å². The van der Waals surface area contributed by atoms with E-state index in [0.717, 1.165) is 16.9 Å². The number of aromatic nitrogens is 1. The van der Waals surface area contributed by atoms with Gasteiger partial charge in [-0.25, -0.2) is 4.98 Å². The highest BCUT2D eigenvalue weighted by Crippen LogP contribution is 2.20. The Morgan fingerprint density at radius 1 is 1.04 bits per heavy atom. The lowest BCUT2D eigenvalue weighted by atomic mass is 10.1. The molecule has 1 amide bonds. The summed E-state index contributed by atoms with van der Waals surface area (Å²) in [6.07, 6.45) is 1.59. The molecule has 0 atom stereocenters. The number of nitrogens with two attached hydrogens (primary N) is 1. The number of rotatable bonds is 5. The normalized spacial score (nSPS) is 10.4.